The van der Waals surface area contributed by atoms with E-state index in [4.69, 9.17) is 14.5 Å². The van der Waals surface area contributed by atoms with Crippen LogP contribution in [0.15, 0.2) is 41.5 Å². The van der Waals surface area contributed by atoms with Crippen LogP contribution < -0.4 is 5.32 Å². The third-order valence-electron chi connectivity index (χ3n) is 5.28. The van der Waals surface area contributed by atoms with E-state index >= 15 is 0 Å². The van der Waals surface area contributed by atoms with Crippen LogP contribution in [-0.4, -0.2) is 66.7 Å². The Morgan fingerprint density at radius 1 is 1.20 bits per heavy atom. The molecule has 0 radical (unpaired) electrons. The minimum atomic E-state index is 0.338. The summed E-state index contributed by atoms with van der Waals surface area (Å²) in [5, 5.41) is 8.02. The van der Waals surface area contributed by atoms with Gasteiger partial charge in [0, 0.05) is 46.2 Å². The van der Waals surface area contributed by atoms with Crippen molar-refractivity contribution >= 4 is 5.96 Å². The molecule has 0 unspecified atom stereocenters. The summed E-state index contributed by atoms with van der Waals surface area (Å²) in [6, 6.07) is 10.3. The molecular formula is C23H35N5O2. The zero-order valence-electron chi connectivity index (χ0n) is 18.5. The smallest absolute Gasteiger partial charge is 0.194 e. The predicted octanol–water partition coefficient (Wildman–Crippen LogP) is 3.16. The van der Waals surface area contributed by atoms with Gasteiger partial charge in [-0.2, -0.15) is 5.10 Å². The van der Waals surface area contributed by atoms with E-state index in [1.54, 1.807) is 7.11 Å². The molecule has 1 aromatic carbocycles. The number of rotatable bonds is 9. The van der Waals surface area contributed by atoms with Crippen molar-refractivity contribution < 1.29 is 9.47 Å². The molecule has 1 aromatic heterocycles. The average molecular weight is 414 g/mol. The number of guanidine groups is 1. The van der Waals surface area contributed by atoms with Crippen molar-refractivity contribution in [2.24, 2.45) is 4.99 Å². The van der Waals surface area contributed by atoms with Gasteiger partial charge in [-0.15, -0.1) is 0 Å². The Morgan fingerprint density at radius 2 is 2.00 bits per heavy atom. The molecule has 0 atom stereocenters. The summed E-state index contributed by atoms with van der Waals surface area (Å²) < 4.78 is 13.0. The number of aryl methyl sites for hydroxylation is 1. The van der Waals surface area contributed by atoms with Crippen LogP contribution in [0.3, 0.4) is 0 Å². The fourth-order valence-corrected chi connectivity index (χ4v) is 3.69. The molecule has 2 heterocycles. The lowest BCUT2D eigenvalue weighted by Gasteiger charge is -2.34. The minimum Gasteiger partial charge on any atom is -0.385 e. The first-order valence-corrected chi connectivity index (χ1v) is 11.0. The lowest BCUT2D eigenvalue weighted by Crippen LogP contribution is -2.47. The van der Waals surface area contributed by atoms with Crippen molar-refractivity contribution in [1.82, 2.24) is 20.0 Å². The average Bonchev–Trinajstić information content (AvgIpc) is 3.21. The van der Waals surface area contributed by atoms with Crippen LogP contribution in [0.5, 0.6) is 0 Å². The van der Waals surface area contributed by atoms with Gasteiger partial charge in [0.2, 0.25) is 0 Å². The second kappa shape index (κ2) is 11.7. The van der Waals surface area contributed by atoms with Crippen LogP contribution in [0.4, 0.5) is 0 Å². The molecule has 0 spiro atoms. The standard InChI is InChI=1S/C23H35N5O2/c1-4-24-23(27-13-11-21(12-14-27)30-17-7-16-29-3)25-18-20-8-5-6-9-22(20)28-15-10-19(2)26-28/h5-6,8-10,15,21H,4,7,11-14,16-18H2,1-3H3,(H,24,25). The summed E-state index contributed by atoms with van der Waals surface area (Å²) in [6.07, 6.45) is 5.35. The Morgan fingerprint density at radius 3 is 2.70 bits per heavy atom. The number of nitrogens with one attached hydrogen (secondary N) is 1. The number of nitrogens with zero attached hydrogens (tertiary/aromatic N) is 4. The summed E-state index contributed by atoms with van der Waals surface area (Å²) in [7, 11) is 1.73. The van der Waals surface area contributed by atoms with Crippen LogP contribution >= 0.6 is 0 Å². The fourth-order valence-electron chi connectivity index (χ4n) is 3.69. The van der Waals surface area contributed by atoms with Crippen LogP contribution in [0.2, 0.25) is 0 Å². The van der Waals surface area contributed by atoms with Gasteiger partial charge in [-0.25, -0.2) is 9.67 Å². The molecule has 1 saturated heterocycles. The van der Waals surface area contributed by atoms with Gasteiger partial charge in [-0.05, 0) is 50.8 Å². The number of aliphatic imine (C=N–C) groups is 1. The number of hydrogen-bond donors (Lipinski definition) is 1. The van der Waals surface area contributed by atoms with E-state index < -0.39 is 0 Å². The molecule has 30 heavy (non-hydrogen) atoms. The zero-order valence-corrected chi connectivity index (χ0v) is 18.5. The number of aromatic nitrogens is 2. The highest BCUT2D eigenvalue weighted by atomic mass is 16.5. The Hall–Kier alpha value is -2.38. The Balaban J connectivity index is 1.61. The highest BCUT2D eigenvalue weighted by Gasteiger charge is 2.22. The van der Waals surface area contributed by atoms with E-state index in [1.807, 2.05) is 29.9 Å². The highest BCUT2D eigenvalue weighted by Crippen LogP contribution is 2.17. The van der Waals surface area contributed by atoms with Crippen molar-refractivity contribution in [2.45, 2.75) is 45.8 Å². The van der Waals surface area contributed by atoms with E-state index in [1.165, 1.54) is 0 Å². The summed E-state index contributed by atoms with van der Waals surface area (Å²) in [4.78, 5) is 7.29. The van der Waals surface area contributed by atoms with Crippen molar-refractivity contribution in [2.75, 3.05) is 40.0 Å². The van der Waals surface area contributed by atoms with Gasteiger partial charge in [0.15, 0.2) is 5.96 Å². The minimum absolute atomic E-state index is 0.338. The Labute approximate surface area is 180 Å². The van der Waals surface area contributed by atoms with Crippen molar-refractivity contribution in [3.63, 3.8) is 0 Å². The summed E-state index contributed by atoms with van der Waals surface area (Å²) in [5.74, 6) is 0.974. The second-order valence-corrected chi connectivity index (χ2v) is 7.60. The molecule has 3 rings (SSSR count). The van der Waals surface area contributed by atoms with E-state index in [0.717, 1.165) is 75.0 Å². The van der Waals surface area contributed by atoms with E-state index in [0.29, 0.717) is 12.6 Å². The molecule has 1 aliphatic heterocycles. The molecular weight excluding hydrogens is 378 g/mol. The van der Waals surface area contributed by atoms with Gasteiger partial charge in [-0.3, -0.25) is 0 Å². The lowest BCUT2D eigenvalue weighted by molar-refractivity contribution is 0.00990. The van der Waals surface area contributed by atoms with Gasteiger partial charge in [0.05, 0.1) is 24.0 Å². The zero-order chi connectivity index (χ0) is 21.2. The number of ether oxygens (including phenoxy) is 2. The molecule has 1 fully saturated rings. The maximum atomic E-state index is 5.99. The summed E-state index contributed by atoms with van der Waals surface area (Å²) in [5.41, 5.74) is 3.25. The number of para-hydroxylation sites is 1. The molecule has 0 amide bonds. The first-order valence-electron chi connectivity index (χ1n) is 11.0. The van der Waals surface area contributed by atoms with Gasteiger partial charge in [-0.1, -0.05) is 18.2 Å². The van der Waals surface area contributed by atoms with E-state index in [9.17, 15) is 0 Å². The molecule has 7 nitrogen and oxygen atoms in total. The third-order valence-corrected chi connectivity index (χ3v) is 5.28. The SMILES string of the molecule is CCNC(=NCc1ccccc1-n1ccc(C)n1)N1CCC(OCCCOC)CC1. The summed E-state index contributed by atoms with van der Waals surface area (Å²) in [6.45, 7) is 9.04. The van der Waals surface area contributed by atoms with Crippen LogP contribution in [-0.2, 0) is 16.0 Å². The predicted molar refractivity (Wildman–Crippen MR) is 120 cm³/mol. The van der Waals surface area contributed by atoms with Crippen molar-refractivity contribution in [1.29, 1.82) is 0 Å². The van der Waals surface area contributed by atoms with Crippen molar-refractivity contribution in [3.05, 3.63) is 47.8 Å². The molecule has 7 heteroatoms. The largest absolute Gasteiger partial charge is 0.385 e. The first-order chi connectivity index (χ1) is 14.7. The van der Waals surface area contributed by atoms with Gasteiger partial charge >= 0.3 is 0 Å². The molecule has 0 aliphatic carbocycles. The van der Waals surface area contributed by atoms with Crippen LogP contribution in [0.25, 0.3) is 5.69 Å². The number of methoxy groups -OCH3 is 1. The number of hydrogen-bond acceptors (Lipinski definition) is 4. The van der Waals surface area contributed by atoms with Crippen LogP contribution in [0, 0.1) is 6.92 Å². The highest BCUT2D eigenvalue weighted by molar-refractivity contribution is 5.80. The molecule has 0 bridgehead atoms. The van der Waals surface area contributed by atoms with Gasteiger partial charge in [0.1, 0.15) is 0 Å². The topological polar surface area (TPSA) is 63.9 Å². The third kappa shape index (κ3) is 6.31. The first kappa shape index (κ1) is 22.3. The quantitative estimate of drug-likeness (QED) is 0.389. The van der Waals surface area contributed by atoms with Gasteiger partial charge in [0.25, 0.3) is 0 Å². The number of likely N-dealkylation sites (tertiary alicyclic amines) is 1. The maximum Gasteiger partial charge on any atom is 0.194 e. The number of piperidine rings is 1. The Bertz CT molecular complexity index is 796. The van der Waals surface area contributed by atoms with Crippen LogP contribution in [0.1, 0.15) is 37.4 Å². The molecule has 1 aliphatic rings. The second-order valence-electron chi connectivity index (χ2n) is 7.60. The number of benzene rings is 1. The maximum absolute atomic E-state index is 5.99. The monoisotopic (exact) mass is 413 g/mol. The van der Waals surface area contributed by atoms with E-state index in [-0.39, 0.29) is 0 Å². The molecule has 1 N–H and O–H groups in total. The van der Waals surface area contributed by atoms with Gasteiger partial charge < -0.3 is 19.7 Å². The molecule has 2 aromatic rings. The molecule has 164 valence electrons. The van der Waals surface area contributed by atoms with Crippen molar-refractivity contribution in [3.8, 4) is 5.69 Å². The normalized spacial score (nSPS) is 15.6. The fraction of sp³-hybridized carbons (Fsp3) is 0.565. The lowest BCUT2D eigenvalue weighted by atomic mass is 10.1. The molecule has 0 saturated carbocycles. The van der Waals surface area contributed by atoms with E-state index in [2.05, 4.69) is 40.4 Å². The Kier molecular flexibility index (Phi) is 8.71. The summed E-state index contributed by atoms with van der Waals surface area (Å²) >= 11 is 0.